The van der Waals surface area contributed by atoms with Crippen LogP contribution in [0.4, 0.5) is 5.69 Å². The van der Waals surface area contributed by atoms with Crippen molar-refractivity contribution >= 4 is 34.6 Å². The molecule has 2 rings (SSSR count). The summed E-state index contributed by atoms with van der Waals surface area (Å²) in [6.07, 6.45) is 0. The standard InChI is InChI=1S/C9H9ClN2S/c10-7-2-1-3-8(6-7)11-9(13)12-4-5-12/h1-3,6H,4-5H2,(H,11,13). The molecule has 1 aromatic carbocycles. The van der Waals surface area contributed by atoms with Crippen LogP contribution in [0.25, 0.3) is 0 Å². The number of nitrogens with one attached hydrogen (secondary N) is 1. The summed E-state index contributed by atoms with van der Waals surface area (Å²) < 4.78 is 0. The van der Waals surface area contributed by atoms with Gasteiger partial charge >= 0.3 is 0 Å². The van der Waals surface area contributed by atoms with Gasteiger partial charge in [-0.15, -0.1) is 0 Å². The molecule has 0 aromatic heterocycles. The lowest BCUT2D eigenvalue weighted by Gasteiger charge is -2.08. The average Bonchev–Trinajstić information content (AvgIpc) is 2.85. The Labute approximate surface area is 87.5 Å². The van der Waals surface area contributed by atoms with Crippen molar-refractivity contribution in [1.82, 2.24) is 4.90 Å². The predicted octanol–water partition coefficient (Wildman–Crippen LogP) is 2.35. The first-order valence-electron chi connectivity index (χ1n) is 4.07. The zero-order valence-corrected chi connectivity index (χ0v) is 8.53. The van der Waals surface area contributed by atoms with E-state index in [1.807, 2.05) is 24.3 Å². The van der Waals surface area contributed by atoms with Gasteiger partial charge in [-0.3, -0.25) is 0 Å². The summed E-state index contributed by atoms with van der Waals surface area (Å²) in [7, 11) is 0. The van der Waals surface area contributed by atoms with Gasteiger partial charge in [0.25, 0.3) is 0 Å². The second kappa shape index (κ2) is 3.52. The van der Waals surface area contributed by atoms with Crippen LogP contribution in [-0.2, 0) is 0 Å². The normalized spacial score (nSPS) is 14.1. The summed E-state index contributed by atoms with van der Waals surface area (Å²) in [4.78, 5) is 2.08. The maximum absolute atomic E-state index is 5.83. The molecule has 0 amide bonds. The third-order valence-corrected chi connectivity index (χ3v) is 2.41. The molecule has 1 heterocycles. The summed E-state index contributed by atoms with van der Waals surface area (Å²) in [5.74, 6) is 0. The largest absolute Gasteiger partial charge is 0.345 e. The highest BCUT2D eigenvalue weighted by molar-refractivity contribution is 7.80. The number of anilines is 1. The van der Waals surface area contributed by atoms with E-state index in [4.69, 9.17) is 23.8 Å². The van der Waals surface area contributed by atoms with Gasteiger partial charge in [0.2, 0.25) is 0 Å². The van der Waals surface area contributed by atoms with Gasteiger partial charge < -0.3 is 10.2 Å². The molecule has 13 heavy (non-hydrogen) atoms. The fraction of sp³-hybridized carbons (Fsp3) is 0.222. The number of thiocarbonyl (C=S) groups is 1. The Kier molecular flexibility index (Phi) is 2.38. The van der Waals surface area contributed by atoms with E-state index in [0.29, 0.717) is 0 Å². The lowest BCUT2D eigenvalue weighted by Crippen LogP contribution is -2.17. The van der Waals surface area contributed by atoms with Crippen molar-refractivity contribution in [3.63, 3.8) is 0 Å². The summed E-state index contributed by atoms with van der Waals surface area (Å²) in [5, 5.41) is 4.62. The molecule has 0 atom stereocenters. The zero-order valence-electron chi connectivity index (χ0n) is 6.96. The van der Waals surface area contributed by atoms with Crippen LogP contribution in [0.5, 0.6) is 0 Å². The molecule has 0 radical (unpaired) electrons. The molecule has 68 valence electrons. The minimum Gasteiger partial charge on any atom is -0.345 e. The van der Waals surface area contributed by atoms with Gasteiger partial charge in [-0.1, -0.05) is 17.7 Å². The number of hydrogen-bond donors (Lipinski definition) is 1. The van der Waals surface area contributed by atoms with E-state index in [-0.39, 0.29) is 0 Å². The average molecular weight is 213 g/mol. The maximum atomic E-state index is 5.83. The van der Waals surface area contributed by atoms with Gasteiger partial charge in [0.15, 0.2) is 5.11 Å². The molecule has 0 aliphatic carbocycles. The van der Waals surface area contributed by atoms with Crippen molar-refractivity contribution in [2.45, 2.75) is 0 Å². The predicted molar refractivity (Wildman–Crippen MR) is 59.2 cm³/mol. The van der Waals surface area contributed by atoms with Gasteiger partial charge in [-0.2, -0.15) is 0 Å². The first-order chi connectivity index (χ1) is 6.25. The van der Waals surface area contributed by atoms with Crippen molar-refractivity contribution in [2.75, 3.05) is 18.4 Å². The molecule has 2 nitrogen and oxygen atoms in total. The Balaban J connectivity index is 2.04. The molecule has 1 N–H and O–H groups in total. The van der Waals surface area contributed by atoms with Crippen molar-refractivity contribution in [2.24, 2.45) is 0 Å². The van der Waals surface area contributed by atoms with Crippen molar-refractivity contribution in [1.29, 1.82) is 0 Å². The van der Waals surface area contributed by atoms with Crippen LogP contribution in [0.1, 0.15) is 0 Å². The van der Waals surface area contributed by atoms with E-state index >= 15 is 0 Å². The minimum atomic E-state index is 0.721. The monoisotopic (exact) mass is 212 g/mol. The second-order valence-electron chi connectivity index (χ2n) is 2.93. The highest BCUT2D eigenvalue weighted by Crippen LogP contribution is 2.16. The van der Waals surface area contributed by atoms with Gasteiger partial charge in [0.05, 0.1) is 0 Å². The topological polar surface area (TPSA) is 15.0 Å². The molecule has 0 saturated carbocycles. The Morgan fingerprint density at radius 2 is 2.23 bits per heavy atom. The highest BCUT2D eigenvalue weighted by atomic mass is 35.5. The molecule has 1 aliphatic rings. The zero-order chi connectivity index (χ0) is 9.26. The smallest absolute Gasteiger partial charge is 0.173 e. The second-order valence-corrected chi connectivity index (χ2v) is 3.75. The number of rotatable bonds is 1. The number of nitrogens with zero attached hydrogens (tertiary/aromatic N) is 1. The van der Waals surface area contributed by atoms with Crippen LogP contribution in [0.3, 0.4) is 0 Å². The summed E-state index contributed by atoms with van der Waals surface area (Å²) in [6.45, 7) is 2.12. The minimum absolute atomic E-state index is 0.721. The number of halogens is 1. The number of hydrogen-bond acceptors (Lipinski definition) is 1. The first kappa shape index (κ1) is 8.78. The van der Waals surface area contributed by atoms with Crippen LogP contribution in [0.2, 0.25) is 5.02 Å². The van der Waals surface area contributed by atoms with Gasteiger partial charge in [0, 0.05) is 23.8 Å². The van der Waals surface area contributed by atoms with Crippen molar-refractivity contribution < 1.29 is 0 Å². The van der Waals surface area contributed by atoms with Gasteiger partial charge in [-0.25, -0.2) is 0 Å². The lowest BCUT2D eigenvalue weighted by molar-refractivity contribution is 0.862. The third-order valence-electron chi connectivity index (χ3n) is 1.81. The van der Waals surface area contributed by atoms with Crippen LogP contribution >= 0.6 is 23.8 Å². The highest BCUT2D eigenvalue weighted by Gasteiger charge is 2.20. The van der Waals surface area contributed by atoms with Crippen LogP contribution in [-0.4, -0.2) is 23.1 Å². The molecule has 1 aromatic rings. The van der Waals surface area contributed by atoms with Gasteiger partial charge in [0.1, 0.15) is 0 Å². The van der Waals surface area contributed by atoms with E-state index < -0.39 is 0 Å². The molecule has 0 unspecified atom stereocenters. The molecule has 4 heteroatoms. The van der Waals surface area contributed by atoms with Gasteiger partial charge in [-0.05, 0) is 30.4 Å². The Morgan fingerprint density at radius 3 is 2.85 bits per heavy atom. The Morgan fingerprint density at radius 1 is 1.46 bits per heavy atom. The quantitative estimate of drug-likeness (QED) is 0.568. The molecular formula is C9H9ClN2S. The van der Waals surface area contributed by atoms with Crippen LogP contribution < -0.4 is 5.32 Å². The van der Waals surface area contributed by atoms with Crippen LogP contribution in [0.15, 0.2) is 24.3 Å². The summed E-state index contributed by atoms with van der Waals surface area (Å²) in [5.41, 5.74) is 0.949. The summed E-state index contributed by atoms with van der Waals surface area (Å²) >= 11 is 11.0. The van der Waals surface area contributed by atoms with E-state index in [9.17, 15) is 0 Å². The number of benzene rings is 1. The van der Waals surface area contributed by atoms with Crippen molar-refractivity contribution in [3.05, 3.63) is 29.3 Å². The fourth-order valence-electron chi connectivity index (χ4n) is 1.02. The molecule has 0 bridgehead atoms. The molecule has 1 fully saturated rings. The van der Waals surface area contributed by atoms with Crippen molar-refractivity contribution in [3.8, 4) is 0 Å². The molecule has 1 aliphatic heterocycles. The SMILES string of the molecule is S=C(Nc1cccc(Cl)c1)N1CC1. The van der Waals surface area contributed by atoms with E-state index in [2.05, 4.69) is 10.2 Å². The van der Waals surface area contributed by atoms with Crippen LogP contribution in [0, 0.1) is 0 Å². The summed E-state index contributed by atoms with van der Waals surface area (Å²) in [6, 6.07) is 7.54. The molecular weight excluding hydrogens is 204 g/mol. The Hall–Kier alpha value is -0.800. The van der Waals surface area contributed by atoms with E-state index in [0.717, 1.165) is 28.9 Å². The van der Waals surface area contributed by atoms with E-state index in [1.165, 1.54) is 0 Å². The third kappa shape index (κ3) is 2.32. The lowest BCUT2D eigenvalue weighted by atomic mass is 10.3. The Bertz CT molecular complexity index is 336. The molecule has 0 spiro atoms. The van der Waals surface area contributed by atoms with E-state index in [1.54, 1.807) is 0 Å². The first-order valence-corrected chi connectivity index (χ1v) is 4.86. The maximum Gasteiger partial charge on any atom is 0.173 e. The fourth-order valence-corrected chi connectivity index (χ4v) is 1.51. The molecule has 1 saturated heterocycles.